The molecule has 0 saturated carbocycles. The van der Waals surface area contributed by atoms with E-state index in [9.17, 15) is 9.59 Å². The molecular weight excluding hydrogens is 290 g/mol. The smallest absolute Gasteiger partial charge is 0.323 e. The van der Waals surface area contributed by atoms with Gasteiger partial charge in [-0.05, 0) is 30.7 Å². The predicted octanol–water partition coefficient (Wildman–Crippen LogP) is 0.942. The number of benzene rings is 1. The molecule has 0 unspecified atom stereocenters. The molecule has 1 N–H and O–H groups in total. The standard InChI is InChI=1S/C15H21NO6/c1-11-8-12(4-5-13(11)21-3)22-10-14(17)16(6-7-20-2)9-15(18)19/h4-5,8H,6-7,9-10H2,1-3H3,(H,18,19). The second-order valence-electron chi connectivity index (χ2n) is 4.62. The summed E-state index contributed by atoms with van der Waals surface area (Å²) < 4.78 is 15.4. The first-order valence-electron chi connectivity index (χ1n) is 6.74. The lowest BCUT2D eigenvalue weighted by Gasteiger charge is -2.20. The topological polar surface area (TPSA) is 85.3 Å². The summed E-state index contributed by atoms with van der Waals surface area (Å²) in [5.74, 6) is -0.238. The number of hydrogen-bond donors (Lipinski definition) is 1. The number of methoxy groups -OCH3 is 2. The third kappa shape index (κ3) is 5.61. The van der Waals surface area contributed by atoms with Crippen LogP contribution in [-0.4, -0.2) is 62.4 Å². The van der Waals surface area contributed by atoms with Crippen LogP contribution in [0.4, 0.5) is 0 Å². The van der Waals surface area contributed by atoms with Gasteiger partial charge in [0.15, 0.2) is 6.61 Å². The maximum Gasteiger partial charge on any atom is 0.323 e. The van der Waals surface area contributed by atoms with E-state index in [1.165, 1.54) is 12.0 Å². The molecule has 122 valence electrons. The number of rotatable bonds is 9. The van der Waals surface area contributed by atoms with Crippen LogP contribution in [0, 0.1) is 6.92 Å². The van der Waals surface area contributed by atoms with Crippen LogP contribution >= 0.6 is 0 Å². The van der Waals surface area contributed by atoms with Crippen molar-refractivity contribution in [2.75, 3.05) is 40.5 Å². The second-order valence-corrected chi connectivity index (χ2v) is 4.62. The molecule has 0 aliphatic heterocycles. The highest BCUT2D eigenvalue weighted by molar-refractivity contribution is 5.82. The molecule has 22 heavy (non-hydrogen) atoms. The molecule has 7 nitrogen and oxygen atoms in total. The minimum atomic E-state index is -1.08. The van der Waals surface area contributed by atoms with Crippen molar-refractivity contribution in [1.82, 2.24) is 4.90 Å². The first-order chi connectivity index (χ1) is 10.5. The van der Waals surface area contributed by atoms with Crippen molar-refractivity contribution in [3.05, 3.63) is 23.8 Å². The number of aliphatic carboxylic acids is 1. The summed E-state index contributed by atoms with van der Waals surface area (Å²) in [6.45, 7) is 1.71. The summed E-state index contributed by atoms with van der Waals surface area (Å²) in [6, 6.07) is 5.19. The summed E-state index contributed by atoms with van der Waals surface area (Å²) in [6.07, 6.45) is 0. The van der Waals surface area contributed by atoms with Crippen LogP contribution in [0.2, 0.25) is 0 Å². The van der Waals surface area contributed by atoms with E-state index in [2.05, 4.69) is 0 Å². The molecule has 0 heterocycles. The van der Waals surface area contributed by atoms with Gasteiger partial charge in [0.2, 0.25) is 0 Å². The molecule has 0 fully saturated rings. The summed E-state index contributed by atoms with van der Waals surface area (Å²) in [5, 5.41) is 8.82. The lowest BCUT2D eigenvalue weighted by atomic mass is 10.2. The van der Waals surface area contributed by atoms with E-state index in [1.807, 2.05) is 6.92 Å². The Balaban J connectivity index is 2.61. The van der Waals surface area contributed by atoms with E-state index in [-0.39, 0.29) is 26.3 Å². The maximum absolute atomic E-state index is 12.0. The molecule has 0 spiro atoms. The fourth-order valence-electron chi connectivity index (χ4n) is 1.83. The summed E-state index contributed by atoms with van der Waals surface area (Å²) >= 11 is 0. The zero-order valence-electron chi connectivity index (χ0n) is 13.0. The Hall–Kier alpha value is -2.28. The number of hydrogen-bond acceptors (Lipinski definition) is 5. The van der Waals surface area contributed by atoms with Crippen molar-refractivity contribution in [2.45, 2.75) is 6.92 Å². The molecule has 1 aromatic carbocycles. The highest BCUT2D eigenvalue weighted by Gasteiger charge is 2.17. The van der Waals surface area contributed by atoms with Gasteiger partial charge in [0.05, 0.1) is 13.7 Å². The number of nitrogens with zero attached hydrogens (tertiary/aromatic N) is 1. The van der Waals surface area contributed by atoms with Gasteiger partial charge in [0.25, 0.3) is 5.91 Å². The molecule has 0 bridgehead atoms. The fraction of sp³-hybridized carbons (Fsp3) is 0.467. The molecule has 0 aliphatic rings. The van der Waals surface area contributed by atoms with Crippen molar-refractivity contribution < 1.29 is 28.9 Å². The van der Waals surface area contributed by atoms with E-state index in [1.54, 1.807) is 25.3 Å². The Bertz CT molecular complexity index is 517. The highest BCUT2D eigenvalue weighted by atomic mass is 16.5. The molecule has 0 aliphatic carbocycles. The minimum absolute atomic E-state index is 0.201. The van der Waals surface area contributed by atoms with E-state index in [4.69, 9.17) is 19.3 Å². The first-order valence-corrected chi connectivity index (χ1v) is 6.74. The van der Waals surface area contributed by atoms with Crippen LogP contribution in [-0.2, 0) is 14.3 Å². The van der Waals surface area contributed by atoms with Crippen LogP contribution in [0.1, 0.15) is 5.56 Å². The van der Waals surface area contributed by atoms with Gasteiger partial charge in [-0.15, -0.1) is 0 Å². The monoisotopic (exact) mass is 311 g/mol. The molecule has 1 aromatic rings. The van der Waals surface area contributed by atoms with Gasteiger partial charge in [-0.2, -0.15) is 0 Å². The molecule has 7 heteroatoms. The Morgan fingerprint density at radius 3 is 2.55 bits per heavy atom. The van der Waals surface area contributed by atoms with Gasteiger partial charge in [0, 0.05) is 13.7 Å². The van der Waals surface area contributed by atoms with E-state index in [0.717, 1.165) is 11.3 Å². The number of aryl methyl sites for hydroxylation is 1. The molecule has 1 rings (SSSR count). The van der Waals surface area contributed by atoms with Crippen molar-refractivity contribution >= 4 is 11.9 Å². The predicted molar refractivity (Wildman–Crippen MR) is 79.3 cm³/mol. The van der Waals surface area contributed by atoms with Crippen molar-refractivity contribution in [3.8, 4) is 11.5 Å². The average Bonchev–Trinajstić information content (AvgIpc) is 2.48. The number of carboxylic acids is 1. The van der Waals surface area contributed by atoms with Crippen LogP contribution < -0.4 is 9.47 Å². The van der Waals surface area contributed by atoms with Crippen LogP contribution in [0.15, 0.2) is 18.2 Å². The quantitative estimate of drug-likeness (QED) is 0.730. The molecular formula is C15H21NO6. The maximum atomic E-state index is 12.0. The van der Waals surface area contributed by atoms with Gasteiger partial charge in [-0.25, -0.2) is 0 Å². The average molecular weight is 311 g/mol. The first kappa shape index (κ1) is 17.8. The minimum Gasteiger partial charge on any atom is -0.496 e. The van der Waals surface area contributed by atoms with Crippen LogP contribution in [0.3, 0.4) is 0 Å². The zero-order chi connectivity index (χ0) is 16.5. The van der Waals surface area contributed by atoms with E-state index < -0.39 is 11.9 Å². The van der Waals surface area contributed by atoms with Gasteiger partial charge in [0.1, 0.15) is 18.0 Å². The van der Waals surface area contributed by atoms with Crippen LogP contribution in [0.5, 0.6) is 11.5 Å². The Morgan fingerprint density at radius 2 is 2.00 bits per heavy atom. The van der Waals surface area contributed by atoms with Crippen molar-refractivity contribution in [1.29, 1.82) is 0 Å². The van der Waals surface area contributed by atoms with E-state index >= 15 is 0 Å². The normalized spacial score (nSPS) is 10.1. The lowest BCUT2D eigenvalue weighted by Crippen LogP contribution is -2.40. The zero-order valence-corrected chi connectivity index (χ0v) is 13.0. The Morgan fingerprint density at radius 1 is 1.27 bits per heavy atom. The number of amides is 1. The number of carbonyl (C=O) groups is 2. The number of carbonyl (C=O) groups excluding carboxylic acids is 1. The summed E-state index contributed by atoms with van der Waals surface area (Å²) in [5.41, 5.74) is 0.884. The SMILES string of the molecule is COCCN(CC(=O)O)C(=O)COc1ccc(OC)c(C)c1. The van der Waals surface area contributed by atoms with Gasteiger partial charge in [-0.3, -0.25) is 9.59 Å². The third-order valence-electron chi connectivity index (χ3n) is 2.97. The fourth-order valence-corrected chi connectivity index (χ4v) is 1.83. The Kier molecular flexibility index (Phi) is 7.18. The molecule has 0 aromatic heterocycles. The van der Waals surface area contributed by atoms with Gasteiger partial charge < -0.3 is 24.2 Å². The number of ether oxygens (including phenoxy) is 3. The number of carboxylic acid groups (broad SMARTS) is 1. The second kappa shape index (κ2) is 8.89. The third-order valence-corrected chi connectivity index (χ3v) is 2.97. The highest BCUT2D eigenvalue weighted by Crippen LogP contribution is 2.22. The molecule has 1 amide bonds. The molecule has 0 saturated heterocycles. The summed E-state index contributed by atoms with van der Waals surface area (Å²) in [7, 11) is 3.06. The van der Waals surface area contributed by atoms with E-state index in [0.29, 0.717) is 5.75 Å². The molecule has 0 radical (unpaired) electrons. The van der Waals surface area contributed by atoms with Gasteiger partial charge >= 0.3 is 5.97 Å². The lowest BCUT2D eigenvalue weighted by molar-refractivity contribution is -0.145. The Labute approximate surface area is 129 Å². The van der Waals surface area contributed by atoms with Crippen molar-refractivity contribution in [2.24, 2.45) is 0 Å². The largest absolute Gasteiger partial charge is 0.496 e. The molecule has 0 atom stereocenters. The summed E-state index contributed by atoms with van der Waals surface area (Å²) in [4.78, 5) is 24.0. The van der Waals surface area contributed by atoms with Gasteiger partial charge in [-0.1, -0.05) is 0 Å². The van der Waals surface area contributed by atoms with Crippen molar-refractivity contribution in [3.63, 3.8) is 0 Å². The van der Waals surface area contributed by atoms with Crippen LogP contribution in [0.25, 0.3) is 0 Å².